The van der Waals surface area contributed by atoms with Crippen molar-refractivity contribution in [3.05, 3.63) is 35.7 Å². The predicted octanol–water partition coefficient (Wildman–Crippen LogP) is 2.85. The van der Waals surface area contributed by atoms with E-state index >= 15 is 0 Å². The molecule has 0 N–H and O–H groups in total. The lowest BCUT2D eigenvalue weighted by atomic mass is 10.3. The molecule has 0 atom stereocenters. The number of rotatable bonds is 0. The molecule has 11 heavy (non-hydrogen) atoms. The highest BCUT2D eigenvalue weighted by Crippen LogP contribution is 2.26. The summed E-state index contributed by atoms with van der Waals surface area (Å²) >= 11 is 1.43. The second kappa shape index (κ2) is 2.33. The maximum Gasteiger partial charge on any atom is 0.330 e. The molecule has 3 heteroatoms. The first kappa shape index (κ1) is 6.32. The number of hydrogen-bond donors (Lipinski definition) is 0. The maximum absolute atomic E-state index is 6.75. The van der Waals surface area contributed by atoms with Gasteiger partial charge in [0.05, 0.1) is 4.70 Å². The lowest BCUT2D eigenvalue weighted by Crippen LogP contribution is -1.62. The Morgan fingerprint density at radius 1 is 1.36 bits per heavy atom. The standard InChI is InChI=1S/C8H4N2S/c1-9-8-10-6-4-2-3-5-7(6)11-8/h2-5H. The van der Waals surface area contributed by atoms with Crippen molar-refractivity contribution in [1.29, 1.82) is 0 Å². The molecule has 1 aromatic heterocycles. The van der Waals surface area contributed by atoms with E-state index in [9.17, 15) is 0 Å². The van der Waals surface area contributed by atoms with Crippen molar-refractivity contribution in [2.75, 3.05) is 0 Å². The fourth-order valence-electron chi connectivity index (χ4n) is 0.908. The molecule has 0 aliphatic rings. The third kappa shape index (κ3) is 0.975. The van der Waals surface area contributed by atoms with E-state index in [1.807, 2.05) is 24.3 Å². The Balaban J connectivity index is 2.81. The summed E-state index contributed by atoms with van der Waals surface area (Å²) in [5.74, 6) is 0. The highest BCUT2D eigenvalue weighted by Gasteiger charge is 2.02. The van der Waals surface area contributed by atoms with E-state index in [0.29, 0.717) is 5.13 Å². The summed E-state index contributed by atoms with van der Waals surface area (Å²) in [6.45, 7) is 6.75. The topological polar surface area (TPSA) is 17.2 Å². The molecule has 0 saturated carbocycles. The molecular weight excluding hydrogens is 156 g/mol. The number of benzene rings is 1. The van der Waals surface area contributed by atoms with Gasteiger partial charge in [-0.25, -0.2) is 0 Å². The fraction of sp³-hybridized carbons (Fsp3) is 0. The molecule has 0 amide bonds. The van der Waals surface area contributed by atoms with E-state index in [1.165, 1.54) is 11.3 Å². The van der Waals surface area contributed by atoms with Gasteiger partial charge >= 0.3 is 5.13 Å². The van der Waals surface area contributed by atoms with Gasteiger partial charge in [0.2, 0.25) is 0 Å². The van der Waals surface area contributed by atoms with E-state index in [4.69, 9.17) is 6.57 Å². The first-order valence-corrected chi connectivity index (χ1v) is 3.95. The number of para-hydroxylation sites is 1. The zero-order valence-corrected chi connectivity index (χ0v) is 6.43. The van der Waals surface area contributed by atoms with E-state index in [2.05, 4.69) is 9.83 Å². The normalized spacial score (nSPS) is 9.73. The van der Waals surface area contributed by atoms with Crippen molar-refractivity contribution in [3.63, 3.8) is 0 Å². The van der Waals surface area contributed by atoms with Crippen LogP contribution in [-0.4, -0.2) is 4.98 Å². The number of thiazole rings is 1. The molecule has 2 aromatic rings. The molecule has 0 radical (unpaired) electrons. The Kier molecular flexibility index (Phi) is 1.34. The van der Waals surface area contributed by atoms with Gasteiger partial charge in [-0.15, -0.1) is 16.3 Å². The minimum absolute atomic E-state index is 0.520. The van der Waals surface area contributed by atoms with Crippen LogP contribution in [0.25, 0.3) is 15.1 Å². The summed E-state index contributed by atoms with van der Waals surface area (Å²) in [6.07, 6.45) is 0. The van der Waals surface area contributed by atoms with Gasteiger partial charge in [0.25, 0.3) is 0 Å². The average molecular weight is 160 g/mol. The van der Waals surface area contributed by atoms with Gasteiger partial charge < -0.3 is 4.85 Å². The Labute approximate surface area is 67.9 Å². The minimum atomic E-state index is 0.520. The Morgan fingerprint density at radius 2 is 2.18 bits per heavy atom. The zero-order valence-electron chi connectivity index (χ0n) is 5.61. The largest absolute Gasteiger partial charge is 0.351 e. The van der Waals surface area contributed by atoms with E-state index in [0.717, 1.165) is 10.2 Å². The molecule has 2 nitrogen and oxygen atoms in total. The van der Waals surface area contributed by atoms with Gasteiger partial charge in [-0.2, -0.15) is 0 Å². The number of aromatic nitrogens is 1. The van der Waals surface area contributed by atoms with Crippen LogP contribution in [0.3, 0.4) is 0 Å². The molecule has 52 valence electrons. The SMILES string of the molecule is [C-]#[N+]c1nc2ccccc2s1. The number of fused-ring (bicyclic) bond motifs is 1. The third-order valence-corrected chi connectivity index (χ3v) is 2.31. The molecule has 0 fully saturated rings. The molecule has 1 aromatic carbocycles. The summed E-state index contributed by atoms with van der Waals surface area (Å²) in [5, 5.41) is 0.520. The van der Waals surface area contributed by atoms with Crippen molar-refractivity contribution < 1.29 is 0 Å². The Morgan fingerprint density at radius 3 is 2.91 bits per heavy atom. The summed E-state index contributed by atoms with van der Waals surface area (Å²) < 4.78 is 1.08. The molecule has 0 aliphatic heterocycles. The molecule has 2 rings (SSSR count). The van der Waals surface area contributed by atoms with Gasteiger partial charge in [0.15, 0.2) is 5.52 Å². The quantitative estimate of drug-likeness (QED) is 0.541. The van der Waals surface area contributed by atoms with Crippen molar-refractivity contribution in [3.8, 4) is 0 Å². The number of nitrogens with zero attached hydrogens (tertiary/aromatic N) is 2. The van der Waals surface area contributed by atoms with Crippen molar-refractivity contribution in [1.82, 2.24) is 4.98 Å². The van der Waals surface area contributed by atoms with E-state index < -0.39 is 0 Å². The van der Waals surface area contributed by atoms with Crippen molar-refractivity contribution in [2.45, 2.75) is 0 Å². The predicted molar refractivity (Wildman–Crippen MR) is 45.9 cm³/mol. The Hall–Kier alpha value is -1.40. The Bertz CT molecular complexity index is 392. The monoisotopic (exact) mass is 160 g/mol. The molecule has 0 saturated heterocycles. The van der Waals surface area contributed by atoms with E-state index in [-0.39, 0.29) is 0 Å². The lowest BCUT2D eigenvalue weighted by Gasteiger charge is -1.77. The van der Waals surface area contributed by atoms with Crippen LogP contribution in [0.2, 0.25) is 0 Å². The summed E-state index contributed by atoms with van der Waals surface area (Å²) in [4.78, 5) is 7.36. The second-order valence-electron chi connectivity index (χ2n) is 2.08. The molecule has 1 heterocycles. The van der Waals surface area contributed by atoms with Crippen LogP contribution in [0.4, 0.5) is 5.13 Å². The molecule has 0 unspecified atom stereocenters. The highest BCUT2D eigenvalue weighted by molar-refractivity contribution is 7.22. The molecule has 0 bridgehead atoms. The van der Waals surface area contributed by atoms with Crippen molar-refractivity contribution >= 4 is 26.7 Å². The highest BCUT2D eigenvalue weighted by atomic mass is 32.1. The summed E-state index contributed by atoms with van der Waals surface area (Å²) in [5.41, 5.74) is 0.920. The van der Waals surface area contributed by atoms with Crippen LogP contribution in [0.1, 0.15) is 0 Å². The van der Waals surface area contributed by atoms with Crippen LogP contribution in [-0.2, 0) is 0 Å². The van der Waals surface area contributed by atoms with Crippen molar-refractivity contribution in [2.24, 2.45) is 0 Å². The van der Waals surface area contributed by atoms with Gasteiger partial charge in [0.1, 0.15) is 0 Å². The van der Waals surface area contributed by atoms with E-state index in [1.54, 1.807) is 0 Å². The van der Waals surface area contributed by atoms with Gasteiger partial charge in [0, 0.05) is 0 Å². The maximum atomic E-state index is 6.75. The summed E-state index contributed by atoms with van der Waals surface area (Å²) in [6, 6.07) is 7.77. The van der Waals surface area contributed by atoms with Gasteiger partial charge in [-0.1, -0.05) is 18.7 Å². The smallest absolute Gasteiger partial charge is 0.330 e. The van der Waals surface area contributed by atoms with Gasteiger partial charge in [-0.05, 0) is 12.1 Å². The number of hydrogen-bond acceptors (Lipinski definition) is 2. The first-order valence-electron chi connectivity index (χ1n) is 3.13. The average Bonchev–Trinajstić information content (AvgIpc) is 2.46. The van der Waals surface area contributed by atoms with Crippen LogP contribution in [0, 0.1) is 6.57 Å². The molecule has 0 spiro atoms. The van der Waals surface area contributed by atoms with Crippen LogP contribution < -0.4 is 0 Å². The fourth-order valence-corrected chi connectivity index (χ4v) is 1.66. The lowest BCUT2D eigenvalue weighted by molar-refractivity contribution is 1.52. The third-order valence-electron chi connectivity index (χ3n) is 1.38. The second-order valence-corrected chi connectivity index (χ2v) is 3.09. The van der Waals surface area contributed by atoms with Crippen LogP contribution >= 0.6 is 11.3 Å². The first-order chi connectivity index (χ1) is 5.40. The molecule has 0 aliphatic carbocycles. The summed E-state index contributed by atoms with van der Waals surface area (Å²) in [7, 11) is 0. The minimum Gasteiger partial charge on any atom is -0.351 e. The van der Waals surface area contributed by atoms with Crippen LogP contribution in [0.5, 0.6) is 0 Å². The zero-order chi connectivity index (χ0) is 7.68. The van der Waals surface area contributed by atoms with Gasteiger partial charge in [-0.3, -0.25) is 0 Å². The molecular formula is C8H4N2S. The van der Waals surface area contributed by atoms with Crippen LogP contribution in [0.15, 0.2) is 24.3 Å².